The van der Waals surface area contributed by atoms with Crippen LogP contribution in [0.2, 0.25) is 0 Å². The Kier molecular flexibility index (Phi) is 6.17. The van der Waals surface area contributed by atoms with Gasteiger partial charge in [0.25, 0.3) is 0 Å². The summed E-state index contributed by atoms with van der Waals surface area (Å²) in [6.07, 6.45) is 2.26. The molecule has 0 unspecified atom stereocenters. The predicted molar refractivity (Wildman–Crippen MR) is 74.7 cm³/mol. The Bertz CT molecular complexity index is 475. The minimum absolute atomic E-state index is 0.326. The Morgan fingerprint density at radius 2 is 2.11 bits per heavy atom. The number of methoxy groups -OCH3 is 1. The van der Waals surface area contributed by atoms with Crippen LogP contribution in [0.1, 0.15) is 13.3 Å². The summed E-state index contributed by atoms with van der Waals surface area (Å²) >= 11 is 0. The Balaban J connectivity index is 2.76. The van der Waals surface area contributed by atoms with Crippen LogP contribution in [0, 0.1) is 11.3 Å². The second-order valence-electron chi connectivity index (χ2n) is 4.07. The number of ether oxygens (including phenoxy) is 1. The van der Waals surface area contributed by atoms with Gasteiger partial charge in [-0.3, -0.25) is 0 Å². The fourth-order valence-corrected chi connectivity index (χ4v) is 1.64. The first-order valence-electron chi connectivity index (χ1n) is 6.11. The lowest BCUT2D eigenvalue weighted by molar-refractivity contribution is -0.136. The zero-order chi connectivity index (χ0) is 14.1. The number of para-hydroxylation sites is 1. The van der Waals surface area contributed by atoms with Gasteiger partial charge in [0, 0.05) is 24.4 Å². The molecule has 0 N–H and O–H groups in total. The van der Waals surface area contributed by atoms with Crippen LogP contribution in [0.5, 0.6) is 0 Å². The maximum atomic E-state index is 11.3. The van der Waals surface area contributed by atoms with Gasteiger partial charge in [-0.1, -0.05) is 24.3 Å². The number of nitriles is 1. The molecule has 0 aliphatic rings. The first-order chi connectivity index (χ1) is 9.19. The highest BCUT2D eigenvalue weighted by Gasteiger charge is 2.07. The molecular formula is C15H18N2O2. The van der Waals surface area contributed by atoms with Crippen molar-refractivity contribution >= 4 is 11.7 Å². The molecule has 0 radical (unpaired) electrons. The van der Waals surface area contributed by atoms with E-state index in [9.17, 15) is 4.79 Å². The fourth-order valence-electron chi connectivity index (χ4n) is 1.64. The van der Waals surface area contributed by atoms with Crippen molar-refractivity contribution in [2.24, 2.45) is 0 Å². The quantitative estimate of drug-likeness (QED) is 0.581. The lowest BCUT2D eigenvalue weighted by Crippen LogP contribution is -2.24. The molecule has 0 heterocycles. The molecule has 1 aromatic carbocycles. The molecule has 0 bridgehead atoms. The van der Waals surface area contributed by atoms with Gasteiger partial charge in [0.05, 0.1) is 19.6 Å². The second-order valence-corrected chi connectivity index (χ2v) is 4.07. The van der Waals surface area contributed by atoms with Crippen molar-refractivity contribution in [1.29, 1.82) is 5.26 Å². The topological polar surface area (TPSA) is 53.3 Å². The lowest BCUT2D eigenvalue weighted by atomic mass is 10.2. The third-order valence-corrected chi connectivity index (χ3v) is 2.74. The molecule has 100 valence electrons. The molecule has 0 aliphatic carbocycles. The van der Waals surface area contributed by atoms with Crippen molar-refractivity contribution in [3.63, 3.8) is 0 Å². The van der Waals surface area contributed by atoms with Crippen LogP contribution in [-0.4, -0.2) is 26.2 Å². The van der Waals surface area contributed by atoms with E-state index in [0.29, 0.717) is 25.1 Å². The van der Waals surface area contributed by atoms with Gasteiger partial charge in [-0.25, -0.2) is 4.79 Å². The summed E-state index contributed by atoms with van der Waals surface area (Å²) in [5.41, 5.74) is 1.60. The molecule has 1 rings (SSSR count). The molecule has 1 aromatic rings. The number of carbonyl (C=O) groups excluding carboxylic acids is 1. The Hall–Kier alpha value is -2.28. The van der Waals surface area contributed by atoms with Crippen molar-refractivity contribution in [3.8, 4) is 6.07 Å². The Labute approximate surface area is 113 Å². The third-order valence-electron chi connectivity index (χ3n) is 2.74. The number of carbonyl (C=O) groups is 1. The van der Waals surface area contributed by atoms with Crippen molar-refractivity contribution in [3.05, 3.63) is 42.0 Å². The number of rotatable bonds is 6. The van der Waals surface area contributed by atoms with Crippen LogP contribution >= 0.6 is 0 Å². The average molecular weight is 258 g/mol. The molecule has 0 fully saturated rings. The average Bonchev–Trinajstić information content (AvgIpc) is 2.47. The van der Waals surface area contributed by atoms with Gasteiger partial charge in [-0.05, 0) is 19.1 Å². The third kappa shape index (κ3) is 4.84. The van der Waals surface area contributed by atoms with E-state index in [1.807, 2.05) is 36.4 Å². The van der Waals surface area contributed by atoms with Gasteiger partial charge < -0.3 is 9.64 Å². The standard InChI is InChI=1S/C15H18N2O2/c1-13(15(18)19-2)9-12-17(11-6-10-16)14-7-4-3-5-8-14/h3-5,7-9H,6,11-12H2,1-2H3. The largest absolute Gasteiger partial charge is 0.466 e. The van der Waals surface area contributed by atoms with E-state index >= 15 is 0 Å². The molecule has 0 aromatic heterocycles. The fraction of sp³-hybridized carbons (Fsp3) is 0.333. The van der Waals surface area contributed by atoms with Crippen molar-refractivity contribution in [1.82, 2.24) is 0 Å². The van der Waals surface area contributed by atoms with Crippen molar-refractivity contribution in [2.75, 3.05) is 25.1 Å². The molecule has 19 heavy (non-hydrogen) atoms. The minimum Gasteiger partial charge on any atom is -0.466 e. The minimum atomic E-state index is -0.326. The summed E-state index contributed by atoms with van der Waals surface area (Å²) in [5.74, 6) is -0.326. The van der Waals surface area contributed by atoms with Crippen LogP contribution in [0.4, 0.5) is 5.69 Å². The number of benzene rings is 1. The highest BCUT2D eigenvalue weighted by Crippen LogP contribution is 2.14. The van der Waals surface area contributed by atoms with Gasteiger partial charge in [-0.2, -0.15) is 5.26 Å². The van der Waals surface area contributed by atoms with Gasteiger partial charge >= 0.3 is 5.97 Å². The molecule has 0 atom stereocenters. The second kappa shape index (κ2) is 7.93. The first-order valence-corrected chi connectivity index (χ1v) is 6.11. The molecule has 0 spiro atoms. The van der Waals surface area contributed by atoms with Crippen molar-refractivity contribution in [2.45, 2.75) is 13.3 Å². The zero-order valence-electron chi connectivity index (χ0n) is 11.3. The van der Waals surface area contributed by atoms with E-state index in [1.54, 1.807) is 6.92 Å². The monoisotopic (exact) mass is 258 g/mol. The molecule has 0 amide bonds. The highest BCUT2D eigenvalue weighted by molar-refractivity contribution is 5.87. The number of hydrogen-bond donors (Lipinski definition) is 0. The lowest BCUT2D eigenvalue weighted by Gasteiger charge is -2.22. The van der Waals surface area contributed by atoms with Crippen LogP contribution < -0.4 is 4.90 Å². The molecule has 0 aliphatic heterocycles. The zero-order valence-corrected chi connectivity index (χ0v) is 11.3. The number of hydrogen-bond acceptors (Lipinski definition) is 4. The van der Waals surface area contributed by atoms with Crippen LogP contribution in [0.25, 0.3) is 0 Å². The SMILES string of the molecule is COC(=O)C(C)=CCN(CCC#N)c1ccccc1. The summed E-state index contributed by atoms with van der Waals surface area (Å²) in [5, 5.41) is 8.70. The van der Waals surface area contributed by atoms with Crippen LogP contribution in [-0.2, 0) is 9.53 Å². The van der Waals surface area contributed by atoms with Gasteiger partial charge in [0.15, 0.2) is 0 Å². The van der Waals surface area contributed by atoms with Gasteiger partial charge in [0.2, 0.25) is 0 Å². The number of esters is 1. The Morgan fingerprint density at radius 3 is 2.68 bits per heavy atom. The first kappa shape index (κ1) is 14.8. The van der Waals surface area contributed by atoms with E-state index in [0.717, 1.165) is 5.69 Å². The Morgan fingerprint density at radius 1 is 1.42 bits per heavy atom. The van der Waals surface area contributed by atoms with E-state index in [2.05, 4.69) is 15.7 Å². The summed E-state index contributed by atoms with van der Waals surface area (Å²) in [6, 6.07) is 12.0. The summed E-state index contributed by atoms with van der Waals surface area (Å²) in [7, 11) is 1.37. The number of anilines is 1. The van der Waals surface area contributed by atoms with E-state index < -0.39 is 0 Å². The molecular weight excluding hydrogens is 240 g/mol. The van der Waals surface area contributed by atoms with E-state index in [4.69, 9.17) is 5.26 Å². The smallest absolute Gasteiger partial charge is 0.333 e. The summed E-state index contributed by atoms with van der Waals surface area (Å²) in [6.45, 7) is 2.93. The predicted octanol–water partition coefficient (Wildman–Crippen LogP) is 2.53. The van der Waals surface area contributed by atoms with E-state index in [-0.39, 0.29) is 5.97 Å². The molecule has 4 heteroatoms. The summed E-state index contributed by atoms with van der Waals surface area (Å²) in [4.78, 5) is 13.4. The maximum absolute atomic E-state index is 11.3. The van der Waals surface area contributed by atoms with E-state index in [1.165, 1.54) is 7.11 Å². The normalized spacial score (nSPS) is 10.7. The molecule has 4 nitrogen and oxygen atoms in total. The molecule has 0 saturated carbocycles. The van der Waals surface area contributed by atoms with Gasteiger partial charge in [0.1, 0.15) is 0 Å². The van der Waals surface area contributed by atoms with Crippen molar-refractivity contribution < 1.29 is 9.53 Å². The summed E-state index contributed by atoms with van der Waals surface area (Å²) < 4.78 is 4.65. The molecule has 0 saturated heterocycles. The maximum Gasteiger partial charge on any atom is 0.333 e. The highest BCUT2D eigenvalue weighted by atomic mass is 16.5. The number of nitrogens with zero attached hydrogens (tertiary/aromatic N) is 2. The van der Waals surface area contributed by atoms with Gasteiger partial charge in [-0.15, -0.1) is 0 Å². The van der Waals surface area contributed by atoms with Crippen LogP contribution in [0.15, 0.2) is 42.0 Å². The van der Waals surface area contributed by atoms with Crippen LogP contribution in [0.3, 0.4) is 0 Å².